The van der Waals surface area contributed by atoms with E-state index in [-0.39, 0.29) is 11.5 Å². The van der Waals surface area contributed by atoms with Gasteiger partial charge in [-0.05, 0) is 61.0 Å². The van der Waals surface area contributed by atoms with Crippen LogP contribution in [0.5, 0.6) is 0 Å². The Balaban J connectivity index is 1.39. The molecule has 11 heteroatoms. The first-order valence-corrected chi connectivity index (χ1v) is 13.8. The molecule has 3 amide bonds. The molecule has 9 nitrogen and oxygen atoms in total. The van der Waals surface area contributed by atoms with Gasteiger partial charge in [-0.1, -0.05) is 0 Å². The average molecular weight is 573 g/mol. The van der Waals surface area contributed by atoms with E-state index in [1.807, 2.05) is 11.0 Å². The molecule has 2 N–H and O–H groups in total. The molecule has 2 fully saturated rings. The van der Waals surface area contributed by atoms with Gasteiger partial charge in [0, 0.05) is 75.1 Å². The van der Waals surface area contributed by atoms with Crippen molar-refractivity contribution in [3.05, 3.63) is 94.6 Å². The summed E-state index contributed by atoms with van der Waals surface area (Å²) in [7, 11) is 0. The maximum atomic E-state index is 13.7. The topological polar surface area (TPSA) is 109 Å². The van der Waals surface area contributed by atoms with Gasteiger partial charge in [-0.25, -0.2) is 8.78 Å². The van der Waals surface area contributed by atoms with E-state index in [0.29, 0.717) is 86.8 Å². The number of nitrogens with one attached hydrogen (secondary N) is 2. The molecular formula is C31H30F2N6O3. The molecule has 2 aliphatic rings. The maximum Gasteiger partial charge on any atom is 0.255 e. The molecule has 0 spiro atoms. The standard InChI is InChI=1S/C31H30F2N6O3/c32-25-16-24(17-26(33)19-25)31(42)38-11-1-10-37(14-15-38)28-7-6-23(30(41)39-12-8-35-9-13-39)18-27(28)36-29(40)22-4-2-21(20-34)3-5-22/h2-7,16-19,35H,1,8-15H2,(H,36,40). The van der Waals surface area contributed by atoms with E-state index in [0.717, 1.165) is 18.2 Å². The minimum absolute atomic E-state index is 0.0490. The fraction of sp³-hybridized carbons (Fsp3) is 0.290. The van der Waals surface area contributed by atoms with Crippen molar-refractivity contribution in [3.63, 3.8) is 0 Å². The van der Waals surface area contributed by atoms with Crippen LogP contribution in [0.15, 0.2) is 60.7 Å². The lowest BCUT2D eigenvalue weighted by Gasteiger charge is -2.29. The molecule has 2 aliphatic heterocycles. The van der Waals surface area contributed by atoms with E-state index in [2.05, 4.69) is 10.6 Å². The summed E-state index contributed by atoms with van der Waals surface area (Å²) in [4.78, 5) is 44.9. The van der Waals surface area contributed by atoms with Gasteiger partial charge in [0.15, 0.2) is 0 Å². The highest BCUT2D eigenvalue weighted by Crippen LogP contribution is 2.30. The Morgan fingerprint density at radius 2 is 1.38 bits per heavy atom. The van der Waals surface area contributed by atoms with Crippen molar-refractivity contribution >= 4 is 29.1 Å². The Morgan fingerprint density at radius 3 is 2.07 bits per heavy atom. The Morgan fingerprint density at radius 1 is 0.738 bits per heavy atom. The van der Waals surface area contributed by atoms with E-state index in [4.69, 9.17) is 5.26 Å². The third-order valence-electron chi connectivity index (χ3n) is 7.41. The van der Waals surface area contributed by atoms with Gasteiger partial charge in [-0.2, -0.15) is 5.26 Å². The van der Waals surface area contributed by atoms with Gasteiger partial charge in [0.05, 0.1) is 23.0 Å². The number of halogens is 2. The molecule has 2 heterocycles. The summed E-state index contributed by atoms with van der Waals surface area (Å²) in [5.41, 5.74) is 2.30. The molecule has 0 bridgehead atoms. The first-order valence-electron chi connectivity index (χ1n) is 13.8. The normalized spacial score (nSPS) is 15.5. The molecule has 3 aromatic rings. The fourth-order valence-corrected chi connectivity index (χ4v) is 5.21. The van der Waals surface area contributed by atoms with Crippen LogP contribution >= 0.6 is 0 Å². The first kappa shape index (κ1) is 28.7. The number of nitriles is 1. The second-order valence-electron chi connectivity index (χ2n) is 10.2. The number of carbonyl (C=O) groups excluding carboxylic acids is 3. The summed E-state index contributed by atoms with van der Waals surface area (Å²) in [5, 5.41) is 15.3. The summed E-state index contributed by atoms with van der Waals surface area (Å²) in [6.45, 7) is 4.20. The van der Waals surface area contributed by atoms with E-state index < -0.39 is 23.4 Å². The summed E-state index contributed by atoms with van der Waals surface area (Å²) in [5.74, 6) is -2.61. The van der Waals surface area contributed by atoms with Crippen molar-refractivity contribution in [2.24, 2.45) is 0 Å². The highest BCUT2D eigenvalue weighted by molar-refractivity contribution is 6.07. The number of hydrogen-bond donors (Lipinski definition) is 2. The lowest BCUT2D eigenvalue weighted by Crippen LogP contribution is -2.46. The van der Waals surface area contributed by atoms with Crippen LogP contribution in [0, 0.1) is 23.0 Å². The first-order chi connectivity index (χ1) is 20.3. The predicted octanol–water partition coefficient (Wildman–Crippen LogP) is 3.49. The molecule has 0 unspecified atom stereocenters. The van der Waals surface area contributed by atoms with E-state index in [1.54, 1.807) is 52.3 Å². The quantitative estimate of drug-likeness (QED) is 0.485. The van der Waals surface area contributed by atoms with Crippen molar-refractivity contribution in [1.82, 2.24) is 15.1 Å². The molecule has 0 atom stereocenters. The van der Waals surface area contributed by atoms with E-state index >= 15 is 0 Å². The van der Waals surface area contributed by atoms with Gasteiger partial charge >= 0.3 is 0 Å². The number of benzene rings is 3. The molecule has 42 heavy (non-hydrogen) atoms. The zero-order valence-electron chi connectivity index (χ0n) is 22.9. The highest BCUT2D eigenvalue weighted by atomic mass is 19.1. The van der Waals surface area contributed by atoms with Crippen LogP contribution < -0.4 is 15.5 Å². The second-order valence-corrected chi connectivity index (χ2v) is 10.2. The molecule has 0 aliphatic carbocycles. The summed E-state index contributed by atoms with van der Waals surface area (Å²) in [6.07, 6.45) is 0.577. The van der Waals surface area contributed by atoms with Gasteiger partial charge in [0.1, 0.15) is 11.6 Å². The molecule has 3 aromatic carbocycles. The zero-order chi connectivity index (χ0) is 29.6. The molecule has 0 saturated carbocycles. The van der Waals surface area contributed by atoms with Crippen LogP contribution in [-0.2, 0) is 0 Å². The molecule has 2 saturated heterocycles. The van der Waals surface area contributed by atoms with Crippen molar-refractivity contribution in [2.75, 3.05) is 62.6 Å². The third kappa shape index (κ3) is 6.56. The number of anilines is 2. The summed E-state index contributed by atoms with van der Waals surface area (Å²) < 4.78 is 27.5. The largest absolute Gasteiger partial charge is 0.368 e. The number of hydrogen-bond acceptors (Lipinski definition) is 6. The van der Waals surface area contributed by atoms with Gasteiger partial charge in [0.2, 0.25) is 0 Å². The maximum absolute atomic E-state index is 13.7. The third-order valence-corrected chi connectivity index (χ3v) is 7.41. The monoisotopic (exact) mass is 572 g/mol. The Bertz CT molecular complexity index is 1510. The molecule has 0 aromatic heterocycles. The number of amides is 3. The highest BCUT2D eigenvalue weighted by Gasteiger charge is 2.25. The molecular weight excluding hydrogens is 542 g/mol. The van der Waals surface area contributed by atoms with Crippen molar-refractivity contribution in [1.29, 1.82) is 5.26 Å². The Kier molecular flexibility index (Phi) is 8.74. The Labute approximate surface area is 242 Å². The van der Waals surface area contributed by atoms with Crippen LogP contribution in [0.2, 0.25) is 0 Å². The van der Waals surface area contributed by atoms with Crippen LogP contribution in [-0.4, -0.2) is 79.9 Å². The Hall–Kier alpha value is -4.82. The molecule has 0 radical (unpaired) electrons. The predicted molar refractivity (Wildman–Crippen MR) is 153 cm³/mol. The minimum Gasteiger partial charge on any atom is -0.368 e. The molecule has 216 valence electrons. The average Bonchev–Trinajstić information content (AvgIpc) is 3.26. The number of nitrogens with zero attached hydrogens (tertiary/aromatic N) is 4. The zero-order valence-corrected chi connectivity index (χ0v) is 22.9. The summed E-state index contributed by atoms with van der Waals surface area (Å²) >= 11 is 0. The van der Waals surface area contributed by atoms with E-state index in [1.165, 1.54) is 0 Å². The van der Waals surface area contributed by atoms with Crippen LogP contribution in [0.4, 0.5) is 20.2 Å². The van der Waals surface area contributed by atoms with Gasteiger partial charge in [-0.15, -0.1) is 0 Å². The van der Waals surface area contributed by atoms with Crippen molar-refractivity contribution in [2.45, 2.75) is 6.42 Å². The lowest BCUT2D eigenvalue weighted by atomic mass is 10.1. The van der Waals surface area contributed by atoms with E-state index in [9.17, 15) is 23.2 Å². The number of piperazine rings is 1. The van der Waals surface area contributed by atoms with Crippen LogP contribution in [0.3, 0.4) is 0 Å². The van der Waals surface area contributed by atoms with Crippen molar-refractivity contribution < 1.29 is 23.2 Å². The van der Waals surface area contributed by atoms with Crippen molar-refractivity contribution in [3.8, 4) is 6.07 Å². The number of rotatable bonds is 5. The minimum atomic E-state index is -0.812. The fourth-order valence-electron chi connectivity index (χ4n) is 5.21. The van der Waals surface area contributed by atoms with Gasteiger partial charge in [-0.3, -0.25) is 14.4 Å². The van der Waals surface area contributed by atoms with Gasteiger partial charge in [0.25, 0.3) is 17.7 Å². The number of carbonyl (C=O) groups is 3. The smallest absolute Gasteiger partial charge is 0.255 e. The summed E-state index contributed by atoms with van der Waals surface area (Å²) in [6, 6.07) is 16.3. The SMILES string of the molecule is N#Cc1ccc(C(=O)Nc2cc(C(=O)N3CCNCC3)ccc2N2CCCN(C(=O)c3cc(F)cc(F)c3)CC2)cc1. The van der Waals surface area contributed by atoms with Crippen LogP contribution in [0.25, 0.3) is 0 Å². The molecule has 5 rings (SSSR count). The van der Waals surface area contributed by atoms with Gasteiger partial charge < -0.3 is 25.3 Å². The second kappa shape index (κ2) is 12.8. The van der Waals surface area contributed by atoms with Crippen LogP contribution in [0.1, 0.15) is 43.1 Å². The lowest BCUT2D eigenvalue weighted by molar-refractivity contribution is 0.0734.